The van der Waals surface area contributed by atoms with Gasteiger partial charge in [0.1, 0.15) is 5.82 Å². The van der Waals surface area contributed by atoms with E-state index in [1.807, 2.05) is 16.6 Å². The molecule has 0 fully saturated rings. The summed E-state index contributed by atoms with van der Waals surface area (Å²) in [5.41, 5.74) is 6.51. The Labute approximate surface area is 159 Å². The zero-order valence-corrected chi connectivity index (χ0v) is 15.8. The Morgan fingerprint density at radius 1 is 0.963 bits per heavy atom. The molecular weight excluding hydrogens is 332 g/mol. The summed E-state index contributed by atoms with van der Waals surface area (Å²) in [7, 11) is 0. The average Bonchev–Trinajstić information content (AvgIpc) is 3.04. The first-order valence-corrected chi connectivity index (χ1v) is 9.48. The molecule has 2 heterocycles. The minimum atomic E-state index is 0.755. The highest BCUT2D eigenvalue weighted by molar-refractivity contribution is 5.80. The number of anilines is 1. The van der Waals surface area contributed by atoms with E-state index in [9.17, 15) is 0 Å². The molecule has 4 nitrogen and oxygen atoms in total. The Bertz CT molecular complexity index is 1040. The summed E-state index contributed by atoms with van der Waals surface area (Å²) >= 11 is 0. The molecule has 27 heavy (non-hydrogen) atoms. The molecule has 0 aliphatic heterocycles. The molecular formula is C23H24N4. The van der Waals surface area contributed by atoms with Gasteiger partial charge in [0.25, 0.3) is 0 Å². The molecule has 0 amide bonds. The van der Waals surface area contributed by atoms with Gasteiger partial charge in [-0.15, -0.1) is 0 Å². The van der Waals surface area contributed by atoms with Crippen LogP contribution in [0, 0.1) is 6.92 Å². The fourth-order valence-electron chi connectivity index (χ4n) is 3.41. The molecule has 4 aromatic rings. The first-order chi connectivity index (χ1) is 13.3. The molecule has 0 bridgehead atoms. The van der Waals surface area contributed by atoms with Crippen molar-refractivity contribution in [2.75, 3.05) is 5.32 Å². The molecule has 0 saturated heterocycles. The van der Waals surface area contributed by atoms with Crippen molar-refractivity contribution in [3.63, 3.8) is 0 Å². The topological polar surface area (TPSA) is 42.2 Å². The number of hydrogen-bond acceptors (Lipinski definition) is 3. The molecule has 0 unspecified atom stereocenters. The molecule has 136 valence electrons. The number of fused-ring (bicyclic) bond motifs is 1. The summed E-state index contributed by atoms with van der Waals surface area (Å²) in [5, 5.41) is 8.35. The van der Waals surface area contributed by atoms with E-state index in [4.69, 9.17) is 10.1 Å². The van der Waals surface area contributed by atoms with Crippen LogP contribution in [0.2, 0.25) is 0 Å². The van der Waals surface area contributed by atoms with Crippen LogP contribution >= 0.6 is 0 Å². The van der Waals surface area contributed by atoms with E-state index in [-0.39, 0.29) is 0 Å². The second kappa shape index (κ2) is 7.62. The number of aromatic nitrogens is 3. The number of benzene rings is 2. The molecule has 0 spiro atoms. The Morgan fingerprint density at radius 2 is 1.67 bits per heavy atom. The van der Waals surface area contributed by atoms with Gasteiger partial charge in [-0.2, -0.15) is 9.61 Å². The predicted molar refractivity (Wildman–Crippen MR) is 111 cm³/mol. The SMILES string of the molecule is CCCc1cc(NCc2ccccc2)n2nc(C)c(-c3ccccc3)c2n1. The zero-order chi connectivity index (χ0) is 18.6. The van der Waals surface area contributed by atoms with Crippen LogP contribution < -0.4 is 5.32 Å². The Hall–Kier alpha value is -3.14. The van der Waals surface area contributed by atoms with Crippen molar-refractivity contribution in [1.29, 1.82) is 0 Å². The van der Waals surface area contributed by atoms with Gasteiger partial charge in [0.05, 0.1) is 5.69 Å². The van der Waals surface area contributed by atoms with E-state index in [1.165, 1.54) is 5.56 Å². The summed E-state index contributed by atoms with van der Waals surface area (Å²) < 4.78 is 1.94. The van der Waals surface area contributed by atoms with Crippen LogP contribution in [-0.4, -0.2) is 14.6 Å². The third-order valence-electron chi connectivity index (χ3n) is 4.70. The van der Waals surface area contributed by atoms with Crippen molar-refractivity contribution >= 4 is 11.5 Å². The first-order valence-electron chi connectivity index (χ1n) is 9.48. The summed E-state index contributed by atoms with van der Waals surface area (Å²) in [5.74, 6) is 0.984. The van der Waals surface area contributed by atoms with Crippen LogP contribution in [0.3, 0.4) is 0 Å². The predicted octanol–water partition coefficient (Wildman–Crippen LogP) is 5.27. The standard InChI is InChI=1S/C23H24N4/c1-3-10-20-15-21(24-16-18-11-6-4-7-12-18)27-23(25-20)22(17(2)26-27)19-13-8-5-9-14-19/h4-9,11-15,24H,3,10,16H2,1-2H3. The van der Waals surface area contributed by atoms with E-state index in [0.717, 1.165) is 53.4 Å². The third kappa shape index (κ3) is 3.56. The smallest absolute Gasteiger partial charge is 0.165 e. The molecule has 2 aromatic heterocycles. The van der Waals surface area contributed by atoms with Gasteiger partial charge in [0.2, 0.25) is 0 Å². The van der Waals surface area contributed by atoms with Crippen LogP contribution in [0.1, 0.15) is 30.3 Å². The van der Waals surface area contributed by atoms with Crippen molar-refractivity contribution in [1.82, 2.24) is 14.6 Å². The molecule has 0 atom stereocenters. The van der Waals surface area contributed by atoms with E-state index >= 15 is 0 Å². The monoisotopic (exact) mass is 356 g/mol. The maximum absolute atomic E-state index is 4.94. The molecule has 0 radical (unpaired) electrons. The number of nitrogens with zero attached hydrogens (tertiary/aromatic N) is 3. The largest absolute Gasteiger partial charge is 0.366 e. The molecule has 0 aliphatic rings. The van der Waals surface area contributed by atoms with E-state index < -0.39 is 0 Å². The number of hydrogen-bond donors (Lipinski definition) is 1. The molecule has 0 saturated carbocycles. The quantitative estimate of drug-likeness (QED) is 0.512. The molecule has 4 rings (SSSR count). The highest BCUT2D eigenvalue weighted by atomic mass is 15.3. The lowest BCUT2D eigenvalue weighted by Crippen LogP contribution is -2.07. The Kier molecular flexibility index (Phi) is 4.88. The maximum atomic E-state index is 4.94. The summed E-state index contributed by atoms with van der Waals surface area (Å²) in [6, 6.07) is 22.9. The summed E-state index contributed by atoms with van der Waals surface area (Å²) in [6.45, 7) is 4.99. The van der Waals surface area contributed by atoms with Gasteiger partial charge in [0.15, 0.2) is 5.65 Å². The summed E-state index contributed by atoms with van der Waals surface area (Å²) in [4.78, 5) is 4.94. The van der Waals surface area contributed by atoms with Gasteiger partial charge in [-0.1, -0.05) is 74.0 Å². The van der Waals surface area contributed by atoms with Crippen molar-refractivity contribution in [2.45, 2.75) is 33.2 Å². The van der Waals surface area contributed by atoms with Gasteiger partial charge in [-0.3, -0.25) is 0 Å². The average molecular weight is 356 g/mol. The van der Waals surface area contributed by atoms with Gasteiger partial charge >= 0.3 is 0 Å². The Morgan fingerprint density at radius 3 is 2.37 bits per heavy atom. The zero-order valence-electron chi connectivity index (χ0n) is 15.8. The van der Waals surface area contributed by atoms with E-state index in [1.54, 1.807) is 0 Å². The number of nitrogens with one attached hydrogen (secondary N) is 1. The van der Waals surface area contributed by atoms with Crippen LogP contribution in [-0.2, 0) is 13.0 Å². The minimum Gasteiger partial charge on any atom is -0.366 e. The van der Waals surface area contributed by atoms with Crippen molar-refractivity contribution in [3.05, 3.63) is 83.7 Å². The van der Waals surface area contributed by atoms with Gasteiger partial charge < -0.3 is 5.32 Å². The van der Waals surface area contributed by atoms with E-state index in [2.05, 4.69) is 73.8 Å². The molecule has 2 aromatic carbocycles. The molecule has 1 N–H and O–H groups in total. The highest BCUT2D eigenvalue weighted by Crippen LogP contribution is 2.29. The normalized spacial score (nSPS) is 11.0. The number of rotatable bonds is 6. The van der Waals surface area contributed by atoms with Crippen LogP contribution in [0.5, 0.6) is 0 Å². The first kappa shape index (κ1) is 17.3. The van der Waals surface area contributed by atoms with Gasteiger partial charge in [0, 0.05) is 23.9 Å². The van der Waals surface area contributed by atoms with Crippen LogP contribution in [0.25, 0.3) is 16.8 Å². The van der Waals surface area contributed by atoms with E-state index in [0.29, 0.717) is 0 Å². The van der Waals surface area contributed by atoms with Crippen molar-refractivity contribution in [2.24, 2.45) is 0 Å². The third-order valence-corrected chi connectivity index (χ3v) is 4.70. The number of aryl methyl sites for hydroxylation is 2. The maximum Gasteiger partial charge on any atom is 0.165 e. The molecule has 0 aliphatic carbocycles. The lowest BCUT2D eigenvalue weighted by molar-refractivity contribution is 0.851. The summed E-state index contributed by atoms with van der Waals surface area (Å²) in [6.07, 6.45) is 2.02. The van der Waals surface area contributed by atoms with Crippen LogP contribution in [0.4, 0.5) is 5.82 Å². The lowest BCUT2D eigenvalue weighted by Gasteiger charge is -2.11. The Balaban J connectivity index is 1.80. The molecule has 4 heteroatoms. The fraction of sp³-hybridized carbons (Fsp3) is 0.217. The van der Waals surface area contributed by atoms with Crippen molar-refractivity contribution in [3.8, 4) is 11.1 Å². The highest BCUT2D eigenvalue weighted by Gasteiger charge is 2.16. The van der Waals surface area contributed by atoms with Gasteiger partial charge in [-0.25, -0.2) is 4.98 Å². The van der Waals surface area contributed by atoms with Gasteiger partial charge in [-0.05, 0) is 24.5 Å². The second-order valence-electron chi connectivity index (χ2n) is 6.78. The minimum absolute atomic E-state index is 0.755. The lowest BCUT2D eigenvalue weighted by atomic mass is 10.1. The second-order valence-corrected chi connectivity index (χ2v) is 6.78. The van der Waals surface area contributed by atoms with Crippen LogP contribution in [0.15, 0.2) is 66.7 Å². The fourth-order valence-corrected chi connectivity index (χ4v) is 3.41. The van der Waals surface area contributed by atoms with Crippen molar-refractivity contribution < 1.29 is 0 Å².